The van der Waals surface area contributed by atoms with Crippen molar-refractivity contribution in [3.63, 3.8) is 0 Å². The molecule has 0 amide bonds. The minimum absolute atomic E-state index is 0.204. The normalized spacial score (nSPS) is 25.3. The van der Waals surface area contributed by atoms with E-state index in [9.17, 15) is 0 Å². The van der Waals surface area contributed by atoms with E-state index in [1.54, 1.807) is 0 Å². The predicted octanol–water partition coefficient (Wildman–Crippen LogP) is 3.79. The molecular weight excluding hydrogens is 276 g/mol. The molecule has 0 aromatic heterocycles. The Balaban J connectivity index is 0.000000861. The largest absolute Gasteiger partial charge is 0.399 e. The summed E-state index contributed by atoms with van der Waals surface area (Å²) in [7, 11) is 3.39. The number of anilines is 1. The summed E-state index contributed by atoms with van der Waals surface area (Å²) in [4.78, 5) is 0. The Bertz CT molecular complexity index is 395. The Kier molecular flexibility index (Phi) is 6.20. The molecule has 3 unspecified atom stereocenters. The molecular formula is C14H25NO2P2. The van der Waals surface area contributed by atoms with Crippen molar-refractivity contribution in [1.82, 2.24) is 0 Å². The lowest BCUT2D eigenvalue weighted by atomic mass is 10.1. The van der Waals surface area contributed by atoms with E-state index in [0.717, 1.165) is 12.1 Å². The highest BCUT2D eigenvalue weighted by atomic mass is 32.0. The first-order valence-electron chi connectivity index (χ1n) is 6.61. The highest BCUT2D eigenvalue weighted by Crippen LogP contribution is 2.48. The van der Waals surface area contributed by atoms with E-state index >= 15 is 0 Å². The van der Waals surface area contributed by atoms with Crippen LogP contribution in [0.1, 0.15) is 33.3 Å². The fourth-order valence-electron chi connectivity index (χ4n) is 1.99. The van der Waals surface area contributed by atoms with Crippen molar-refractivity contribution in [3.8, 4) is 0 Å². The zero-order chi connectivity index (χ0) is 14.5. The van der Waals surface area contributed by atoms with E-state index in [1.807, 2.05) is 39.8 Å². The van der Waals surface area contributed by atoms with Crippen LogP contribution in [0.3, 0.4) is 0 Å². The van der Waals surface area contributed by atoms with E-state index < -0.39 is 5.79 Å². The zero-order valence-electron chi connectivity index (χ0n) is 12.2. The van der Waals surface area contributed by atoms with E-state index in [4.69, 9.17) is 15.2 Å². The van der Waals surface area contributed by atoms with Gasteiger partial charge in [-0.2, -0.15) is 0 Å². The number of ether oxygens (including phenoxy) is 2. The monoisotopic (exact) mass is 301 g/mol. The fraction of sp³-hybridized carbons (Fsp3) is 0.571. The summed E-state index contributed by atoms with van der Waals surface area (Å²) >= 11 is 0. The summed E-state index contributed by atoms with van der Waals surface area (Å²) in [6.07, 6.45) is 0.860. The first kappa shape index (κ1) is 16.9. The van der Waals surface area contributed by atoms with Crippen molar-refractivity contribution in [2.75, 3.05) is 12.3 Å². The molecule has 2 N–H and O–H groups in total. The van der Waals surface area contributed by atoms with Gasteiger partial charge < -0.3 is 15.2 Å². The predicted molar refractivity (Wildman–Crippen MR) is 87.8 cm³/mol. The van der Waals surface area contributed by atoms with Crippen molar-refractivity contribution >= 4 is 22.9 Å². The van der Waals surface area contributed by atoms with Gasteiger partial charge in [0.2, 0.25) is 0 Å². The average molecular weight is 301 g/mol. The molecule has 1 fully saturated rings. The minimum atomic E-state index is -0.475. The Morgan fingerprint density at radius 2 is 1.84 bits per heavy atom. The van der Waals surface area contributed by atoms with Crippen LogP contribution in [-0.2, 0) is 15.9 Å². The van der Waals surface area contributed by atoms with Gasteiger partial charge in [-0.1, -0.05) is 34.2 Å². The van der Waals surface area contributed by atoms with E-state index in [1.165, 1.54) is 5.56 Å². The van der Waals surface area contributed by atoms with Crippen LogP contribution in [0.2, 0.25) is 0 Å². The van der Waals surface area contributed by atoms with Crippen LogP contribution in [0.5, 0.6) is 0 Å². The first-order valence-corrected chi connectivity index (χ1v) is 9.42. The minimum Gasteiger partial charge on any atom is -0.399 e. The van der Waals surface area contributed by atoms with Gasteiger partial charge in [0.25, 0.3) is 0 Å². The topological polar surface area (TPSA) is 44.5 Å². The van der Waals surface area contributed by atoms with Crippen molar-refractivity contribution in [3.05, 3.63) is 29.8 Å². The molecule has 2 rings (SSSR count). The molecule has 1 heterocycles. The first-order chi connectivity index (χ1) is 8.95. The molecule has 108 valence electrons. The van der Waals surface area contributed by atoms with Crippen LogP contribution in [0.15, 0.2) is 24.3 Å². The Labute approximate surface area is 120 Å². The molecule has 1 aliphatic rings. The smallest absolute Gasteiger partial charge is 0.164 e. The summed E-state index contributed by atoms with van der Waals surface area (Å²) < 4.78 is 11.7. The molecule has 0 radical (unpaired) electrons. The average Bonchev–Trinajstić information content (AvgIpc) is 2.71. The maximum atomic E-state index is 6.06. The third kappa shape index (κ3) is 4.68. The number of rotatable bonds is 3. The highest BCUT2D eigenvalue weighted by molar-refractivity contribution is 8.03. The van der Waals surface area contributed by atoms with Crippen LogP contribution in [0.25, 0.3) is 0 Å². The van der Waals surface area contributed by atoms with Gasteiger partial charge in [0.1, 0.15) is 5.34 Å². The summed E-state index contributed by atoms with van der Waals surface area (Å²) in [5.74, 6) is -0.475. The van der Waals surface area contributed by atoms with Crippen LogP contribution >= 0.6 is 17.2 Å². The molecule has 1 aromatic carbocycles. The lowest BCUT2D eigenvalue weighted by Gasteiger charge is -2.28. The van der Waals surface area contributed by atoms with Gasteiger partial charge in [-0.25, -0.2) is 0 Å². The molecule has 19 heavy (non-hydrogen) atoms. The van der Waals surface area contributed by atoms with Gasteiger partial charge in [-0.15, -0.1) is 8.93 Å². The van der Waals surface area contributed by atoms with Gasteiger partial charge in [0, 0.05) is 12.1 Å². The van der Waals surface area contributed by atoms with E-state index in [-0.39, 0.29) is 5.34 Å². The number of nitrogen functional groups attached to an aromatic ring is 1. The molecule has 1 aromatic rings. The van der Waals surface area contributed by atoms with E-state index in [0.29, 0.717) is 14.9 Å². The molecule has 0 saturated carbocycles. The molecule has 1 aliphatic heterocycles. The summed E-state index contributed by atoms with van der Waals surface area (Å²) in [5.41, 5.74) is 7.71. The van der Waals surface area contributed by atoms with Crippen molar-refractivity contribution < 1.29 is 9.47 Å². The lowest BCUT2D eigenvalue weighted by Crippen LogP contribution is -2.31. The highest BCUT2D eigenvalue weighted by Gasteiger charge is 2.44. The van der Waals surface area contributed by atoms with E-state index in [2.05, 4.69) is 21.1 Å². The maximum absolute atomic E-state index is 6.06. The summed E-state index contributed by atoms with van der Waals surface area (Å²) in [6, 6.07) is 7.96. The molecule has 0 spiro atoms. The second kappa shape index (κ2) is 6.99. The standard InChI is InChI=1S/C12H19NO2P2.C2H6/c1-11(2)14-8-12(15-11,17-16)7-9-3-5-10(13)6-4-9;1-2/h3-6,17H,7-8,13,16H2,1-2H3;1-2H3. The number of hydrogen-bond acceptors (Lipinski definition) is 3. The van der Waals surface area contributed by atoms with Gasteiger partial charge in [0.15, 0.2) is 5.79 Å². The summed E-state index contributed by atoms with van der Waals surface area (Å²) in [5, 5.41) is -0.204. The van der Waals surface area contributed by atoms with Crippen molar-refractivity contribution in [2.24, 2.45) is 0 Å². The SMILES string of the molecule is CC.CC1(C)OCC(Cc2ccc(N)cc2)(PP)O1. The van der Waals surface area contributed by atoms with Crippen LogP contribution in [-0.4, -0.2) is 17.7 Å². The molecule has 0 aliphatic carbocycles. The molecule has 1 saturated heterocycles. The second-order valence-electron chi connectivity index (χ2n) is 4.85. The Morgan fingerprint density at radius 1 is 1.26 bits per heavy atom. The number of nitrogens with two attached hydrogens (primary N) is 1. The van der Waals surface area contributed by atoms with Gasteiger partial charge in [0.05, 0.1) is 6.61 Å². The lowest BCUT2D eigenvalue weighted by molar-refractivity contribution is -0.143. The van der Waals surface area contributed by atoms with Crippen molar-refractivity contribution in [1.29, 1.82) is 0 Å². The molecule has 5 heteroatoms. The van der Waals surface area contributed by atoms with Gasteiger partial charge in [-0.05, 0) is 31.5 Å². The third-order valence-corrected chi connectivity index (χ3v) is 5.35. The number of hydrogen-bond donors (Lipinski definition) is 1. The summed E-state index contributed by atoms with van der Waals surface area (Å²) in [6.45, 7) is 8.57. The Hall–Kier alpha value is -0.200. The maximum Gasteiger partial charge on any atom is 0.164 e. The van der Waals surface area contributed by atoms with Crippen molar-refractivity contribution in [2.45, 2.75) is 45.2 Å². The van der Waals surface area contributed by atoms with Gasteiger partial charge in [-0.3, -0.25) is 0 Å². The Morgan fingerprint density at radius 3 is 2.26 bits per heavy atom. The van der Waals surface area contributed by atoms with Gasteiger partial charge >= 0.3 is 0 Å². The van der Waals surface area contributed by atoms with Crippen LogP contribution in [0, 0.1) is 0 Å². The molecule has 3 atom stereocenters. The number of benzene rings is 1. The molecule has 0 bridgehead atoms. The second-order valence-corrected chi connectivity index (χ2v) is 6.91. The quantitative estimate of drug-likeness (QED) is 0.682. The molecule has 3 nitrogen and oxygen atoms in total. The third-order valence-electron chi connectivity index (χ3n) is 2.83. The van der Waals surface area contributed by atoms with Crippen LogP contribution in [0.4, 0.5) is 5.69 Å². The van der Waals surface area contributed by atoms with Crippen LogP contribution < -0.4 is 5.73 Å². The fourth-order valence-corrected chi connectivity index (χ4v) is 3.49. The zero-order valence-corrected chi connectivity index (χ0v) is 14.3.